The van der Waals surface area contributed by atoms with Gasteiger partial charge in [-0.3, -0.25) is 9.78 Å². The van der Waals surface area contributed by atoms with Gasteiger partial charge in [-0.1, -0.05) is 49.4 Å². The average Bonchev–Trinajstić information content (AvgIpc) is 2.88. The highest BCUT2D eigenvalue weighted by Crippen LogP contribution is 2.28. The molecule has 0 fully saturated rings. The number of nitrogens with zero attached hydrogens (tertiary/aromatic N) is 2. The number of pyridine rings is 2. The van der Waals surface area contributed by atoms with E-state index in [9.17, 15) is 18.0 Å². The number of halogens is 3. The molecule has 0 aliphatic carbocycles. The number of amides is 1. The normalized spacial score (nSPS) is 11.7. The molecule has 0 saturated heterocycles. The summed E-state index contributed by atoms with van der Waals surface area (Å²) in [5.41, 5.74) is 6.74. The number of benzene rings is 1. The monoisotopic (exact) mass is 502 g/mol. The fourth-order valence-electron chi connectivity index (χ4n) is 3.13. The summed E-state index contributed by atoms with van der Waals surface area (Å²) in [6.45, 7) is 6.23. The molecule has 0 radical (unpaired) electrons. The summed E-state index contributed by atoms with van der Waals surface area (Å²) < 4.78 is 37.7. The molecule has 1 amide bonds. The maximum atomic E-state index is 12.6. The summed E-state index contributed by atoms with van der Waals surface area (Å²) in [5.74, 6) is 0.141. The third-order valence-electron chi connectivity index (χ3n) is 5.13. The molecule has 2 heterocycles. The van der Waals surface area contributed by atoms with Gasteiger partial charge in [0, 0.05) is 32.0 Å². The first-order valence-corrected chi connectivity index (χ1v) is 11.7. The third-order valence-corrected chi connectivity index (χ3v) is 5.13. The maximum absolute atomic E-state index is 12.6. The Kier molecular flexibility index (Phi) is 11.6. The van der Waals surface area contributed by atoms with Gasteiger partial charge < -0.3 is 21.7 Å². The van der Waals surface area contributed by atoms with E-state index >= 15 is 0 Å². The van der Waals surface area contributed by atoms with Gasteiger partial charge in [0.25, 0.3) is 5.91 Å². The largest absolute Gasteiger partial charge is 0.433 e. The van der Waals surface area contributed by atoms with Crippen molar-refractivity contribution in [1.29, 1.82) is 0 Å². The molecule has 3 rings (SSSR count). The zero-order valence-corrected chi connectivity index (χ0v) is 20.5. The predicted molar refractivity (Wildman–Crippen MR) is 137 cm³/mol. The Hall–Kier alpha value is -3.66. The standard InChI is InChI=1S/C20H27F3N6O.C6H6/c1-3-26-19(30)15-9-16(18(24)29-12-15)27-8-4-7-25-10-13(2)14-5-6-17(28-11-14)20(21,22)23;1-2-4-6-5-3-1/h5-6,9,11-13,25,27H,3-4,7-8,10H2,1-2H3,(H2,24,29)(H,26,30);1-6H. The Bertz CT molecular complexity index is 1020. The van der Waals surface area contributed by atoms with Crippen LogP contribution in [-0.4, -0.2) is 42.1 Å². The zero-order chi connectivity index (χ0) is 26.4. The zero-order valence-electron chi connectivity index (χ0n) is 20.5. The minimum Gasteiger partial charge on any atom is -0.382 e. The molecule has 0 saturated carbocycles. The second-order valence-electron chi connectivity index (χ2n) is 8.03. The molecule has 0 spiro atoms. The first-order valence-electron chi connectivity index (χ1n) is 11.7. The van der Waals surface area contributed by atoms with Crippen LogP contribution in [0, 0.1) is 0 Å². The number of nitrogens with two attached hydrogens (primary N) is 1. The van der Waals surface area contributed by atoms with Crippen molar-refractivity contribution < 1.29 is 18.0 Å². The van der Waals surface area contributed by atoms with Gasteiger partial charge in [-0.2, -0.15) is 13.2 Å². The van der Waals surface area contributed by atoms with Crippen molar-refractivity contribution in [2.75, 3.05) is 37.2 Å². The van der Waals surface area contributed by atoms with Crippen LogP contribution in [0.25, 0.3) is 0 Å². The van der Waals surface area contributed by atoms with Crippen molar-refractivity contribution in [2.45, 2.75) is 32.4 Å². The summed E-state index contributed by atoms with van der Waals surface area (Å²) in [7, 11) is 0. The molecule has 1 atom stereocenters. The highest BCUT2D eigenvalue weighted by atomic mass is 19.4. The summed E-state index contributed by atoms with van der Waals surface area (Å²) in [5, 5.41) is 9.15. The molecular formula is C26H33F3N6O. The van der Waals surface area contributed by atoms with Gasteiger partial charge >= 0.3 is 6.18 Å². The van der Waals surface area contributed by atoms with Crippen LogP contribution in [0.5, 0.6) is 0 Å². The van der Waals surface area contributed by atoms with Gasteiger partial charge in [-0.15, -0.1) is 0 Å². The van der Waals surface area contributed by atoms with Crippen molar-refractivity contribution in [3.05, 3.63) is 83.8 Å². The van der Waals surface area contributed by atoms with Crippen LogP contribution >= 0.6 is 0 Å². The Morgan fingerprint density at radius 2 is 1.69 bits per heavy atom. The highest BCUT2D eigenvalue weighted by molar-refractivity contribution is 5.95. The Balaban J connectivity index is 0.000000662. The molecule has 36 heavy (non-hydrogen) atoms. The lowest BCUT2D eigenvalue weighted by atomic mass is 10.0. The molecule has 10 heteroatoms. The number of nitrogens with one attached hydrogen (secondary N) is 3. The van der Waals surface area contributed by atoms with Gasteiger partial charge in [-0.25, -0.2) is 4.98 Å². The highest BCUT2D eigenvalue weighted by Gasteiger charge is 2.32. The van der Waals surface area contributed by atoms with E-state index in [4.69, 9.17) is 5.73 Å². The first-order chi connectivity index (χ1) is 17.2. The van der Waals surface area contributed by atoms with Crippen LogP contribution < -0.4 is 21.7 Å². The van der Waals surface area contributed by atoms with Crippen LogP contribution in [0.1, 0.15) is 47.8 Å². The molecule has 0 aliphatic heterocycles. The number of carbonyl (C=O) groups is 1. The first kappa shape index (κ1) is 28.6. The van der Waals surface area contributed by atoms with E-state index in [-0.39, 0.29) is 11.8 Å². The van der Waals surface area contributed by atoms with E-state index < -0.39 is 11.9 Å². The number of hydrogen-bond donors (Lipinski definition) is 4. The molecule has 5 N–H and O–H groups in total. The van der Waals surface area contributed by atoms with Gasteiger partial charge in [0.15, 0.2) is 0 Å². The molecular weight excluding hydrogens is 469 g/mol. The van der Waals surface area contributed by atoms with Crippen molar-refractivity contribution in [3.63, 3.8) is 0 Å². The van der Waals surface area contributed by atoms with E-state index in [0.29, 0.717) is 43.2 Å². The predicted octanol–water partition coefficient (Wildman–Crippen LogP) is 4.71. The number of rotatable bonds is 10. The van der Waals surface area contributed by atoms with Crippen molar-refractivity contribution in [1.82, 2.24) is 20.6 Å². The van der Waals surface area contributed by atoms with Gasteiger partial charge in [0.1, 0.15) is 11.5 Å². The number of alkyl halides is 3. The van der Waals surface area contributed by atoms with E-state index in [1.165, 1.54) is 18.5 Å². The van der Waals surface area contributed by atoms with Crippen LogP contribution in [0.3, 0.4) is 0 Å². The minimum absolute atomic E-state index is 0.0290. The number of nitrogen functional groups attached to an aromatic ring is 1. The number of aromatic nitrogens is 2. The topological polar surface area (TPSA) is 105 Å². The van der Waals surface area contributed by atoms with Crippen molar-refractivity contribution >= 4 is 17.4 Å². The molecule has 0 bridgehead atoms. The SMILES string of the molecule is CCNC(=O)c1cnc(N)c(NCCCNCC(C)c2ccc(C(F)(F)F)nc2)c1.c1ccccc1. The Morgan fingerprint density at radius 1 is 1.03 bits per heavy atom. The summed E-state index contributed by atoms with van der Waals surface area (Å²) in [6.07, 6.45) is -0.938. The minimum atomic E-state index is -4.43. The van der Waals surface area contributed by atoms with E-state index in [0.717, 1.165) is 18.1 Å². The van der Waals surface area contributed by atoms with E-state index in [2.05, 4.69) is 25.9 Å². The van der Waals surface area contributed by atoms with Gasteiger partial charge in [0.05, 0.1) is 11.3 Å². The second-order valence-corrected chi connectivity index (χ2v) is 8.03. The molecule has 1 aromatic carbocycles. The van der Waals surface area contributed by atoms with E-state index in [1.807, 2.05) is 50.2 Å². The fourth-order valence-corrected chi connectivity index (χ4v) is 3.13. The summed E-state index contributed by atoms with van der Waals surface area (Å²) in [6, 6.07) is 16.1. The molecule has 2 aromatic heterocycles. The van der Waals surface area contributed by atoms with Gasteiger partial charge in [-0.05, 0) is 43.5 Å². The molecule has 0 aliphatic rings. The Morgan fingerprint density at radius 3 is 2.25 bits per heavy atom. The lowest BCUT2D eigenvalue weighted by Gasteiger charge is -2.14. The molecule has 7 nitrogen and oxygen atoms in total. The van der Waals surface area contributed by atoms with Crippen LogP contribution in [0.4, 0.5) is 24.7 Å². The molecule has 1 unspecified atom stereocenters. The average molecular weight is 503 g/mol. The number of hydrogen-bond acceptors (Lipinski definition) is 6. The van der Waals surface area contributed by atoms with Crippen molar-refractivity contribution in [2.24, 2.45) is 0 Å². The quantitative estimate of drug-likeness (QED) is 0.299. The van der Waals surface area contributed by atoms with Crippen LogP contribution in [-0.2, 0) is 6.18 Å². The van der Waals surface area contributed by atoms with E-state index in [1.54, 1.807) is 6.07 Å². The van der Waals surface area contributed by atoms with Crippen molar-refractivity contribution in [3.8, 4) is 0 Å². The van der Waals surface area contributed by atoms with Crippen LogP contribution in [0.2, 0.25) is 0 Å². The molecule has 3 aromatic rings. The second kappa shape index (κ2) is 14.7. The lowest BCUT2D eigenvalue weighted by molar-refractivity contribution is -0.141. The number of anilines is 2. The fraction of sp³-hybridized carbons (Fsp3) is 0.346. The number of carbonyl (C=O) groups excluding carboxylic acids is 1. The molecule has 194 valence electrons. The maximum Gasteiger partial charge on any atom is 0.433 e. The Labute approximate surface area is 209 Å². The smallest absolute Gasteiger partial charge is 0.382 e. The lowest BCUT2D eigenvalue weighted by Crippen LogP contribution is -2.24. The van der Waals surface area contributed by atoms with Gasteiger partial charge in [0.2, 0.25) is 0 Å². The van der Waals surface area contributed by atoms with Crippen LogP contribution in [0.15, 0.2) is 67.0 Å². The summed E-state index contributed by atoms with van der Waals surface area (Å²) in [4.78, 5) is 19.4. The summed E-state index contributed by atoms with van der Waals surface area (Å²) >= 11 is 0. The third kappa shape index (κ3) is 9.91.